The highest BCUT2D eigenvalue weighted by molar-refractivity contribution is 5.88. The number of aromatic carboxylic acids is 1. The van der Waals surface area contributed by atoms with Crippen LogP contribution in [0.1, 0.15) is 40.9 Å². The van der Waals surface area contributed by atoms with Crippen molar-refractivity contribution >= 4 is 5.97 Å². The van der Waals surface area contributed by atoms with E-state index < -0.39 is 5.97 Å². The van der Waals surface area contributed by atoms with Crippen LogP contribution < -0.4 is 0 Å². The van der Waals surface area contributed by atoms with Crippen LogP contribution in [-0.2, 0) is 12.8 Å². The van der Waals surface area contributed by atoms with Gasteiger partial charge in [-0.1, -0.05) is 19.4 Å². The van der Waals surface area contributed by atoms with Crippen LogP contribution in [0.3, 0.4) is 0 Å². The minimum atomic E-state index is -0.979. The Morgan fingerprint density at radius 1 is 1.32 bits per heavy atom. The molecule has 98 valence electrons. The van der Waals surface area contributed by atoms with Crippen molar-refractivity contribution in [3.63, 3.8) is 0 Å². The first-order valence-electron chi connectivity index (χ1n) is 6.18. The van der Waals surface area contributed by atoms with Crippen LogP contribution in [0.4, 0.5) is 0 Å². The molecule has 0 amide bonds. The maximum Gasteiger partial charge on any atom is 0.339 e. The van der Waals surface area contributed by atoms with E-state index in [1.807, 2.05) is 25.1 Å². The highest BCUT2D eigenvalue weighted by Gasteiger charge is 2.13. The second-order valence-corrected chi connectivity index (χ2v) is 4.20. The molecule has 0 fully saturated rings. The first-order chi connectivity index (χ1) is 9.20. The number of aromatic nitrogens is 3. The Labute approximate surface area is 111 Å². The summed E-state index contributed by atoms with van der Waals surface area (Å²) in [5.41, 5.74) is 1.65. The van der Waals surface area contributed by atoms with Crippen molar-refractivity contribution in [2.24, 2.45) is 0 Å². The quantitative estimate of drug-likeness (QED) is 0.887. The Kier molecular flexibility index (Phi) is 4.18. The van der Waals surface area contributed by atoms with Crippen molar-refractivity contribution in [2.45, 2.75) is 26.2 Å². The fourth-order valence-corrected chi connectivity index (χ4v) is 1.81. The zero-order chi connectivity index (χ0) is 13.7. The van der Waals surface area contributed by atoms with E-state index >= 15 is 0 Å². The molecule has 0 saturated carbocycles. The lowest BCUT2D eigenvalue weighted by atomic mass is 10.1. The van der Waals surface area contributed by atoms with Gasteiger partial charge < -0.3 is 5.11 Å². The second-order valence-electron chi connectivity index (χ2n) is 4.20. The Hall–Kier alpha value is -2.30. The largest absolute Gasteiger partial charge is 0.478 e. The standard InChI is InChI=1S/C14H15N3O2/c1-2-5-12-11(14(18)19)9-16-13(17-12)8-10-6-3-4-7-15-10/h3-4,6-7,9H,2,5,8H2,1H3,(H,18,19). The SMILES string of the molecule is CCCc1nc(Cc2ccccn2)ncc1C(=O)O. The highest BCUT2D eigenvalue weighted by Crippen LogP contribution is 2.10. The number of carbonyl (C=O) groups is 1. The fraction of sp³-hybridized carbons (Fsp3) is 0.286. The highest BCUT2D eigenvalue weighted by atomic mass is 16.4. The minimum Gasteiger partial charge on any atom is -0.478 e. The minimum absolute atomic E-state index is 0.187. The molecule has 2 aromatic rings. The zero-order valence-corrected chi connectivity index (χ0v) is 10.7. The molecule has 0 aliphatic rings. The molecule has 0 aromatic carbocycles. The molecule has 0 atom stereocenters. The van der Waals surface area contributed by atoms with Crippen LogP contribution in [0.15, 0.2) is 30.6 Å². The Morgan fingerprint density at radius 3 is 2.79 bits per heavy atom. The molecule has 0 unspecified atom stereocenters. The predicted molar refractivity (Wildman–Crippen MR) is 70.0 cm³/mol. The van der Waals surface area contributed by atoms with Crippen molar-refractivity contribution < 1.29 is 9.90 Å². The number of nitrogens with zero attached hydrogens (tertiary/aromatic N) is 3. The van der Waals surface area contributed by atoms with Gasteiger partial charge in [-0.15, -0.1) is 0 Å². The normalized spacial score (nSPS) is 10.4. The Morgan fingerprint density at radius 2 is 2.16 bits per heavy atom. The van der Waals surface area contributed by atoms with Crippen LogP contribution in [-0.4, -0.2) is 26.0 Å². The summed E-state index contributed by atoms with van der Waals surface area (Å²) in [6.07, 6.45) is 5.10. The van der Waals surface area contributed by atoms with E-state index in [2.05, 4.69) is 15.0 Å². The molecule has 0 saturated heterocycles. The number of carboxylic acid groups (broad SMARTS) is 1. The van der Waals surface area contributed by atoms with E-state index in [1.54, 1.807) is 6.20 Å². The lowest BCUT2D eigenvalue weighted by molar-refractivity contribution is 0.0694. The molecule has 2 aromatic heterocycles. The summed E-state index contributed by atoms with van der Waals surface area (Å²) < 4.78 is 0. The van der Waals surface area contributed by atoms with Gasteiger partial charge >= 0.3 is 5.97 Å². The van der Waals surface area contributed by atoms with Crippen LogP contribution in [0.25, 0.3) is 0 Å². The van der Waals surface area contributed by atoms with Gasteiger partial charge in [0.05, 0.1) is 17.7 Å². The van der Waals surface area contributed by atoms with Gasteiger partial charge in [0.25, 0.3) is 0 Å². The molecule has 2 heterocycles. The molecule has 1 N–H and O–H groups in total. The van der Waals surface area contributed by atoms with Gasteiger partial charge in [-0.3, -0.25) is 4.98 Å². The summed E-state index contributed by atoms with van der Waals surface area (Å²) in [5, 5.41) is 9.08. The van der Waals surface area contributed by atoms with Gasteiger partial charge in [0.15, 0.2) is 0 Å². The summed E-state index contributed by atoms with van der Waals surface area (Å²) in [4.78, 5) is 23.7. The maximum absolute atomic E-state index is 11.1. The van der Waals surface area contributed by atoms with E-state index in [9.17, 15) is 4.79 Å². The van der Waals surface area contributed by atoms with E-state index in [0.717, 1.165) is 12.1 Å². The number of hydrogen-bond donors (Lipinski definition) is 1. The van der Waals surface area contributed by atoms with E-state index in [4.69, 9.17) is 5.11 Å². The molecular formula is C14H15N3O2. The maximum atomic E-state index is 11.1. The van der Waals surface area contributed by atoms with Gasteiger partial charge in [-0.2, -0.15) is 0 Å². The number of rotatable bonds is 5. The molecule has 0 aliphatic carbocycles. The first kappa shape index (κ1) is 13.1. The van der Waals surface area contributed by atoms with Crippen molar-refractivity contribution in [1.82, 2.24) is 15.0 Å². The van der Waals surface area contributed by atoms with Crippen LogP contribution in [0.2, 0.25) is 0 Å². The molecule has 0 bridgehead atoms. The monoisotopic (exact) mass is 257 g/mol. The molecule has 0 aliphatic heterocycles. The summed E-state index contributed by atoms with van der Waals surface area (Å²) >= 11 is 0. The summed E-state index contributed by atoms with van der Waals surface area (Å²) in [6, 6.07) is 5.65. The lowest BCUT2D eigenvalue weighted by Gasteiger charge is -2.06. The van der Waals surface area contributed by atoms with Crippen molar-refractivity contribution in [1.29, 1.82) is 0 Å². The topological polar surface area (TPSA) is 76.0 Å². The van der Waals surface area contributed by atoms with Gasteiger partial charge in [0.1, 0.15) is 5.82 Å². The van der Waals surface area contributed by atoms with E-state index in [-0.39, 0.29) is 5.56 Å². The zero-order valence-electron chi connectivity index (χ0n) is 10.7. The van der Waals surface area contributed by atoms with Crippen molar-refractivity contribution in [2.75, 3.05) is 0 Å². The van der Waals surface area contributed by atoms with Crippen LogP contribution in [0.5, 0.6) is 0 Å². The van der Waals surface area contributed by atoms with Crippen molar-refractivity contribution in [3.05, 3.63) is 53.4 Å². The molecular weight excluding hydrogens is 242 g/mol. The summed E-state index contributed by atoms with van der Waals surface area (Å²) in [5.74, 6) is -0.375. The third kappa shape index (κ3) is 3.34. The molecule has 5 heteroatoms. The van der Waals surface area contributed by atoms with Crippen LogP contribution >= 0.6 is 0 Å². The number of pyridine rings is 1. The number of aryl methyl sites for hydroxylation is 1. The predicted octanol–water partition coefficient (Wildman–Crippen LogP) is 2.11. The van der Waals surface area contributed by atoms with Gasteiger partial charge in [-0.25, -0.2) is 14.8 Å². The Balaban J connectivity index is 2.27. The number of carboxylic acids is 1. The molecule has 0 spiro atoms. The molecule has 19 heavy (non-hydrogen) atoms. The average Bonchev–Trinajstić information content (AvgIpc) is 2.40. The van der Waals surface area contributed by atoms with E-state index in [1.165, 1.54) is 6.20 Å². The third-order valence-electron chi connectivity index (χ3n) is 2.70. The second kappa shape index (κ2) is 6.04. The molecule has 2 rings (SSSR count). The van der Waals surface area contributed by atoms with Crippen LogP contribution in [0, 0.1) is 0 Å². The lowest BCUT2D eigenvalue weighted by Crippen LogP contribution is -2.09. The smallest absolute Gasteiger partial charge is 0.339 e. The third-order valence-corrected chi connectivity index (χ3v) is 2.70. The average molecular weight is 257 g/mol. The summed E-state index contributed by atoms with van der Waals surface area (Å²) in [6.45, 7) is 1.99. The molecule has 0 radical (unpaired) electrons. The first-order valence-corrected chi connectivity index (χ1v) is 6.18. The molecule has 5 nitrogen and oxygen atoms in total. The summed E-state index contributed by atoms with van der Waals surface area (Å²) in [7, 11) is 0. The van der Waals surface area contributed by atoms with Gasteiger partial charge in [0.2, 0.25) is 0 Å². The fourth-order valence-electron chi connectivity index (χ4n) is 1.81. The van der Waals surface area contributed by atoms with E-state index in [0.29, 0.717) is 24.4 Å². The van der Waals surface area contributed by atoms with Gasteiger partial charge in [0, 0.05) is 18.1 Å². The Bertz CT molecular complexity index is 570. The van der Waals surface area contributed by atoms with Gasteiger partial charge in [-0.05, 0) is 18.6 Å². The van der Waals surface area contributed by atoms with Crippen molar-refractivity contribution in [3.8, 4) is 0 Å². The number of hydrogen-bond acceptors (Lipinski definition) is 4.